The molecule has 5 heteroatoms. The summed E-state index contributed by atoms with van der Waals surface area (Å²) < 4.78 is 0. The molecule has 0 atom stereocenters. The number of carbonyl (C=O) groups is 1. The third-order valence-electron chi connectivity index (χ3n) is 5.06. The molecule has 3 aromatic rings. The molecule has 148 valence electrons. The van der Waals surface area contributed by atoms with Crippen LogP contribution in [0.4, 0.5) is 5.69 Å². The molecule has 0 radical (unpaired) electrons. The van der Waals surface area contributed by atoms with Crippen molar-refractivity contribution < 1.29 is 4.79 Å². The smallest absolute Gasteiger partial charge is 0.267 e. The van der Waals surface area contributed by atoms with E-state index in [2.05, 4.69) is 35.5 Å². The Morgan fingerprint density at radius 2 is 1.79 bits per heavy atom. The van der Waals surface area contributed by atoms with E-state index < -0.39 is 0 Å². The number of nitrogens with zero attached hydrogens (tertiary/aromatic N) is 1. The fraction of sp³-hybridized carbons (Fsp3) is 0.250. The van der Waals surface area contributed by atoms with Gasteiger partial charge in [0.15, 0.2) is 0 Å². The van der Waals surface area contributed by atoms with Crippen molar-refractivity contribution in [2.75, 3.05) is 11.9 Å². The number of fused-ring (bicyclic) bond motifs is 1. The van der Waals surface area contributed by atoms with Gasteiger partial charge in [0.05, 0.1) is 0 Å². The molecule has 0 saturated carbocycles. The van der Waals surface area contributed by atoms with Gasteiger partial charge in [-0.1, -0.05) is 50.2 Å². The summed E-state index contributed by atoms with van der Waals surface area (Å²) >= 11 is 0. The van der Waals surface area contributed by atoms with E-state index in [0.29, 0.717) is 6.54 Å². The maximum Gasteiger partial charge on any atom is 0.267 e. The summed E-state index contributed by atoms with van der Waals surface area (Å²) in [6.45, 7) is 4.74. The lowest BCUT2D eigenvalue weighted by atomic mass is 10.0. The number of hydrogen-bond acceptors (Lipinski definition) is 3. The van der Waals surface area contributed by atoms with Crippen LogP contribution in [-0.2, 0) is 24.1 Å². The Kier molecular flexibility index (Phi) is 6.70. The molecule has 0 saturated heterocycles. The number of nitriles is 1. The molecule has 0 fully saturated rings. The second-order valence-electron chi connectivity index (χ2n) is 6.85. The number of para-hydroxylation sites is 2. The normalized spacial score (nSPS) is 11.3. The summed E-state index contributed by atoms with van der Waals surface area (Å²) in [5.74, 6) is -0.386. The molecule has 0 aliphatic carbocycles. The van der Waals surface area contributed by atoms with Crippen LogP contribution >= 0.6 is 0 Å². The van der Waals surface area contributed by atoms with E-state index in [0.717, 1.165) is 41.6 Å². The standard InChI is InChI=1S/C24H26N4O/c1-3-17-8-7-9-18(4-2)23(17)28-24(29)20(14-25)15-26-13-12-19-16-27-22-11-6-5-10-21(19)22/h5-11,15-16,26-27H,3-4,12-13H2,1-2H3,(H,28,29)/b20-15-. The van der Waals surface area contributed by atoms with E-state index in [-0.39, 0.29) is 11.5 Å². The molecule has 3 N–H and O–H groups in total. The average molecular weight is 386 g/mol. The molecule has 1 aromatic heterocycles. The van der Waals surface area contributed by atoms with E-state index in [1.165, 1.54) is 17.1 Å². The monoisotopic (exact) mass is 386 g/mol. The van der Waals surface area contributed by atoms with Crippen molar-refractivity contribution in [2.24, 2.45) is 0 Å². The van der Waals surface area contributed by atoms with Crippen molar-refractivity contribution in [3.63, 3.8) is 0 Å². The fourth-order valence-electron chi connectivity index (χ4n) is 3.45. The highest BCUT2D eigenvalue weighted by atomic mass is 16.1. The maximum absolute atomic E-state index is 12.6. The van der Waals surface area contributed by atoms with Gasteiger partial charge in [-0.05, 0) is 42.0 Å². The van der Waals surface area contributed by atoms with Gasteiger partial charge >= 0.3 is 0 Å². The highest BCUT2D eigenvalue weighted by Gasteiger charge is 2.13. The molecule has 29 heavy (non-hydrogen) atoms. The van der Waals surface area contributed by atoms with Crippen molar-refractivity contribution in [3.8, 4) is 6.07 Å². The molecular weight excluding hydrogens is 360 g/mol. The Morgan fingerprint density at radius 1 is 1.07 bits per heavy atom. The van der Waals surface area contributed by atoms with Gasteiger partial charge in [-0.25, -0.2) is 0 Å². The molecule has 2 aromatic carbocycles. The first-order valence-electron chi connectivity index (χ1n) is 9.98. The summed E-state index contributed by atoms with van der Waals surface area (Å²) in [7, 11) is 0. The summed E-state index contributed by atoms with van der Waals surface area (Å²) in [6, 6.07) is 16.2. The zero-order valence-corrected chi connectivity index (χ0v) is 16.9. The largest absolute Gasteiger partial charge is 0.389 e. The highest BCUT2D eigenvalue weighted by molar-refractivity contribution is 6.07. The van der Waals surface area contributed by atoms with E-state index in [1.807, 2.05) is 48.7 Å². The van der Waals surface area contributed by atoms with E-state index in [1.54, 1.807) is 0 Å². The molecule has 0 aliphatic heterocycles. The van der Waals surface area contributed by atoms with Crippen molar-refractivity contribution in [1.82, 2.24) is 10.3 Å². The van der Waals surface area contributed by atoms with Crippen LogP contribution < -0.4 is 10.6 Å². The third kappa shape index (κ3) is 4.67. The van der Waals surface area contributed by atoms with Gasteiger partial charge in [0.2, 0.25) is 0 Å². The van der Waals surface area contributed by atoms with Gasteiger partial charge in [-0.3, -0.25) is 4.79 Å². The first kappa shape index (κ1) is 20.2. The van der Waals surface area contributed by atoms with Crippen LogP contribution in [0.5, 0.6) is 0 Å². The molecule has 3 rings (SSSR count). The topological polar surface area (TPSA) is 80.7 Å². The lowest BCUT2D eigenvalue weighted by Crippen LogP contribution is -2.19. The predicted octanol–water partition coefficient (Wildman–Crippen LogP) is 4.47. The minimum atomic E-state index is -0.386. The molecule has 1 heterocycles. The summed E-state index contributed by atoms with van der Waals surface area (Å²) in [5.41, 5.74) is 5.34. The zero-order valence-electron chi connectivity index (χ0n) is 16.9. The molecular formula is C24H26N4O. The van der Waals surface area contributed by atoms with Gasteiger partial charge in [-0.15, -0.1) is 0 Å². The number of aromatic amines is 1. The minimum absolute atomic E-state index is 0.0666. The van der Waals surface area contributed by atoms with Gasteiger partial charge in [0, 0.05) is 35.5 Å². The number of anilines is 1. The van der Waals surface area contributed by atoms with Crippen molar-refractivity contribution in [2.45, 2.75) is 33.1 Å². The number of benzene rings is 2. The number of H-pyrrole nitrogens is 1. The quantitative estimate of drug-likeness (QED) is 0.303. The average Bonchev–Trinajstić information content (AvgIpc) is 3.17. The third-order valence-corrected chi connectivity index (χ3v) is 5.06. The summed E-state index contributed by atoms with van der Waals surface area (Å²) in [4.78, 5) is 15.9. The van der Waals surface area contributed by atoms with Gasteiger partial charge in [-0.2, -0.15) is 5.26 Å². The molecule has 0 bridgehead atoms. The molecule has 5 nitrogen and oxygen atoms in total. The number of hydrogen-bond donors (Lipinski definition) is 3. The predicted molar refractivity (Wildman–Crippen MR) is 118 cm³/mol. The molecule has 0 aliphatic rings. The van der Waals surface area contributed by atoms with E-state index >= 15 is 0 Å². The number of rotatable bonds is 8. The van der Waals surface area contributed by atoms with Crippen molar-refractivity contribution >= 4 is 22.5 Å². The van der Waals surface area contributed by atoms with Gasteiger partial charge < -0.3 is 15.6 Å². The van der Waals surface area contributed by atoms with Crippen LogP contribution in [0.1, 0.15) is 30.5 Å². The summed E-state index contributed by atoms with van der Waals surface area (Å²) in [6.07, 6.45) is 5.93. The second-order valence-corrected chi connectivity index (χ2v) is 6.85. The number of nitrogens with one attached hydrogen (secondary N) is 3. The van der Waals surface area contributed by atoms with Crippen LogP contribution in [0.25, 0.3) is 10.9 Å². The Bertz CT molecular complexity index is 1050. The lowest BCUT2D eigenvalue weighted by molar-refractivity contribution is -0.112. The maximum atomic E-state index is 12.6. The molecule has 0 spiro atoms. The van der Waals surface area contributed by atoms with Crippen LogP contribution in [0, 0.1) is 11.3 Å². The van der Waals surface area contributed by atoms with Crippen molar-refractivity contribution in [3.05, 3.63) is 77.1 Å². The highest BCUT2D eigenvalue weighted by Crippen LogP contribution is 2.23. The first-order valence-corrected chi connectivity index (χ1v) is 9.98. The number of aromatic nitrogens is 1. The Balaban J connectivity index is 1.64. The summed E-state index contributed by atoms with van der Waals surface area (Å²) in [5, 5.41) is 16.7. The second kappa shape index (κ2) is 9.61. The van der Waals surface area contributed by atoms with Crippen molar-refractivity contribution in [1.29, 1.82) is 5.26 Å². The number of carbonyl (C=O) groups excluding carboxylic acids is 1. The van der Waals surface area contributed by atoms with Crippen LogP contribution in [-0.4, -0.2) is 17.4 Å². The van der Waals surface area contributed by atoms with Crippen LogP contribution in [0.15, 0.2) is 60.4 Å². The number of amides is 1. The Labute approximate surface area is 171 Å². The van der Waals surface area contributed by atoms with Gasteiger partial charge in [0.25, 0.3) is 5.91 Å². The Hall–Kier alpha value is -3.52. The van der Waals surface area contributed by atoms with Crippen LogP contribution in [0.3, 0.4) is 0 Å². The molecule has 0 unspecified atom stereocenters. The van der Waals surface area contributed by atoms with E-state index in [4.69, 9.17) is 0 Å². The number of aryl methyl sites for hydroxylation is 2. The minimum Gasteiger partial charge on any atom is -0.389 e. The first-order chi connectivity index (χ1) is 14.2. The van der Waals surface area contributed by atoms with E-state index in [9.17, 15) is 10.1 Å². The molecule has 1 amide bonds. The van der Waals surface area contributed by atoms with Gasteiger partial charge in [0.1, 0.15) is 11.6 Å². The fourth-order valence-corrected chi connectivity index (χ4v) is 3.45. The lowest BCUT2D eigenvalue weighted by Gasteiger charge is -2.14. The van der Waals surface area contributed by atoms with Crippen LogP contribution in [0.2, 0.25) is 0 Å². The SMILES string of the molecule is CCc1cccc(CC)c1NC(=O)/C(C#N)=C\NCCc1c[nH]c2ccccc12. The Morgan fingerprint density at radius 3 is 2.48 bits per heavy atom. The zero-order chi connectivity index (χ0) is 20.6.